The normalized spacial score (nSPS) is 10.4. The lowest BCUT2D eigenvalue weighted by atomic mass is 10.1. The number of amidine groups is 1. The third-order valence-electron chi connectivity index (χ3n) is 2.62. The Labute approximate surface area is 115 Å². The number of benzene rings is 1. The van der Waals surface area contributed by atoms with Crippen LogP contribution in [0.3, 0.4) is 0 Å². The molecule has 100 valence electrons. The summed E-state index contributed by atoms with van der Waals surface area (Å²) >= 11 is 1.55. The predicted molar refractivity (Wildman–Crippen MR) is 74.6 cm³/mol. The van der Waals surface area contributed by atoms with E-state index in [1.807, 2.05) is 19.2 Å². The standard InChI is InChI=1S/C12H15N5OS/c1-17-12(15-7-16-17)19-6-9-5-8(11(13)14)3-4-10(9)18-2/h3-5,7H,6H2,1-2H3,(H3,13,14). The van der Waals surface area contributed by atoms with Gasteiger partial charge in [0.1, 0.15) is 17.9 Å². The zero-order valence-electron chi connectivity index (χ0n) is 10.8. The van der Waals surface area contributed by atoms with E-state index in [0.29, 0.717) is 11.3 Å². The van der Waals surface area contributed by atoms with E-state index in [4.69, 9.17) is 15.9 Å². The molecule has 2 rings (SSSR count). The molecule has 7 heteroatoms. The zero-order valence-corrected chi connectivity index (χ0v) is 11.6. The van der Waals surface area contributed by atoms with Crippen molar-refractivity contribution in [3.63, 3.8) is 0 Å². The number of ether oxygens (including phenoxy) is 1. The highest BCUT2D eigenvalue weighted by molar-refractivity contribution is 7.98. The van der Waals surface area contributed by atoms with Crippen LogP contribution in [0.15, 0.2) is 29.7 Å². The summed E-state index contributed by atoms with van der Waals surface area (Å²) in [4.78, 5) is 4.15. The number of methoxy groups -OCH3 is 1. The van der Waals surface area contributed by atoms with Gasteiger partial charge >= 0.3 is 0 Å². The number of aryl methyl sites for hydroxylation is 1. The quantitative estimate of drug-likeness (QED) is 0.490. The van der Waals surface area contributed by atoms with Crippen LogP contribution in [-0.4, -0.2) is 27.7 Å². The van der Waals surface area contributed by atoms with Gasteiger partial charge in [-0.1, -0.05) is 11.8 Å². The van der Waals surface area contributed by atoms with Crippen molar-refractivity contribution in [1.29, 1.82) is 5.41 Å². The summed E-state index contributed by atoms with van der Waals surface area (Å²) < 4.78 is 7.03. The molecule has 0 saturated heterocycles. The molecule has 2 aromatic rings. The number of hydrogen-bond donors (Lipinski definition) is 2. The van der Waals surface area contributed by atoms with E-state index in [1.165, 1.54) is 6.33 Å². The SMILES string of the molecule is COc1ccc(C(=N)N)cc1CSc1ncnn1C. The molecule has 3 N–H and O–H groups in total. The first kappa shape index (κ1) is 13.4. The van der Waals surface area contributed by atoms with Crippen molar-refractivity contribution in [3.05, 3.63) is 35.7 Å². The number of thioether (sulfide) groups is 1. The van der Waals surface area contributed by atoms with Gasteiger partial charge in [0.05, 0.1) is 7.11 Å². The molecule has 0 aliphatic carbocycles. The lowest BCUT2D eigenvalue weighted by molar-refractivity contribution is 0.411. The van der Waals surface area contributed by atoms with Crippen LogP contribution >= 0.6 is 11.8 Å². The first-order valence-corrected chi connectivity index (χ1v) is 6.58. The van der Waals surface area contributed by atoms with Gasteiger partial charge in [-0.3, -0.25) is 5.41 Å². The van der Waals surface area contributed by atoms with Gasteiger partial charge in [-0.25, -0.2) is 9.67 Å². The summed E-state index contributed by atoms with van der Waals surface area (Å²) in [5, 5.41) is 12.3. The minimum Gasteiger partial charge on any atom is -0.496 e. The van der Waals surface area contributed by atoms with Gasteiger partial charge in [-0.05, 0) is 18.2 Å². The Balaban J connectivity index is 2.20. The van der Waals surface area contributed by atoms with Crippen LogP contribution in [0.1, 0.15) is 11.1 Å². The van der Waals surface area contributed by atoms with E-state index in [-0.39, 0.29) is 5.84 Å². The second-order valence-electron chi connectivity index (χ2n) is 3.90. The highest BCUT2D eigenvalue weighted by Crippen LogP contribution is 2.27. The molecule has 0 amide bonds. The summed E-state index contributed by atoms with van der Waals surface area (Å²) in [6, 6.07) is 5.46. The third kappa shape index (κ3) is 3.05. The lowest BCUT2D eigenvalue weighted by Gasteiger charge is -2.09. The molecule has 1 heterocycles. The number of hydrogen-bond acceptors (Lipinski definition) is 5. The molecule has 6 nitrogen and oxygen atoms in total. The first-order chi connectivity index (χ1) is 9.11. The number of nitrogens with one attached hydrogen (secondary N) is 1. The average molecular weight is 277 g/mol. The van der Waals surface area contributed by atoms with Gasteiger partial charge in [0, 0.05) is 23.9 Å². The van der Waals surface area contributed by atoms with Crippen LogP contribution in [0.2, 0.25) is 0 Å². The zero-order chi connectivity index (χ0) is 13.8. The van der Waals surface area contributed by atoms with Crippen LogP contribution in [0.4, 0.5) is 0 Å². The predicted octanol–water partition coefficient (Wildman–Crippen LogP) is 1.40. The van der Waals surface area contributed by atoms with Crippen LogP contribution in [0.5, 0.6) is 5.75 Å². The fraction of sp³-hybridized carbons (Fsp3) is 0.250. The number of nitrogens with zero attached hydrogens (tertiary/aromatic N) is 3. The Morgan fingerprint density at radius 3 is 2.89 bits per heavy atom. The van der Waals surface area contributed by atoms with E-state index in [0.717, 1.165) is 16.5 Å². The third-order valence-corrected chi connectivity index (χ3v) is 3.70. The smallest absolute Gasteiger partial charge is 0.186 e. The van der Waals surface area contributed by atoms with Gasteiger partial charge in [-0.2, -0.15) is 5.10 Å². The van der Waals surface area contributed by atoms with E-state index in [9.17, 15) is 0 Å². The molecule has 0 aliphatic rings. The molecule has 0 spiro atoms. The number of nitrogen functional groups attached to an aromatic ring is 1. The van der Waals surface area contributed by atoms with E-state index in [1.54, 1.807) is 29.6 Å². The van der Waals surface area contributed by atoms with Gasteiger partial charge in [-0.15, -0.1) is 0 Å². The van der Waals surface area contributed by atoms with Gasteiger partial charge in [0.15, 0.2) is 5.16 Å². The number of nitrogens with two attached hydrogens (primary N) is 1. The maximum atomic E-state index is 7.47. The second kappa shape index (κ2) is 5.75. The molecule has 0 radical (unpaired) electrons. The molecular formula is C12H15N5OS. The Morgan fingerprint density at radius 1 is 1.53 bits per heavy atom. The number of rotatable bonds is 5. The summed E-state index contributed by atoms with van der Waals surface area (Å²) in [5.41, 5.74) is 7.16. The van der Waals surface area contributed by atoms with Crippen LogP contribution in [0.25, 0.3) is 0 Å². The fourth-order valence-corrected chi connectivity index (χ4v) is 2.48. The first-order valence-electron chi connectivity index (χ1n) is 5.60. The molecular weight excluding hydrogens is 262 g/mol. The summed E-state index contributed by atoms with van der Waals surface area (Å²) in [6.45, 7) is 0. The highest BCUT2D eigenvalue weighted by Gasteiger charge is 2.09. The molecule has 1 aromatic heterocycles. The second-order valence-corrected chi connectivity index (χ2v) is 4.84. The maximum Gasteiger partial charge on any atom is 0.186 e. The van der Waals surface area contributed by atoms with Gasteiger partial charge in [0.25, 0.3) is 0 Å². The topological polar surface area (TPSA) is 89.8 Å². The molecule has 0 fully saturated rings. The fourth-order valence-electron chi connectivity index (χ4n) is 1.62. The molecule has 0 saturated carbocycles. The lowest BCUT2D eigenvalue weighted by Crippen LogP contribution is -2.11. The Bertz CT molecular complexity index is 596. The van der Waals surface area contributed by atoms with Crippen molar-refractivity contribution in [3.8, 4) is 5.75 Å². The van der Waals surface area contributed by atoms with Gasteiger partial charge in [0.2, 0.25) is 0 Å². The summed E-state index contributed by atoms with van der Waals surface area (Å²) in [5.74, 6) is 1.50. The Morgan fingerprint density at radius 2 is 2.32 bits per heavy atom. The van der Waals surface area contributed by atoms with Crippen molar-refractivity contribution in [1.82, 2.24) is 14.8 Å². The molecule has 0 atom stereocenters. The van der Waals surface area contributed by atoms with Crippen molar-refractivity contribution in [2.24, 2.45) is 12.8 Å². The molecule has 0 aliphatic heterocycles. The minimum atomic E-state index is 0.0487. The van der Waals surface area contributed by atoms with Crippen molar-refractivity contribution in [2.45, 2.75) is 10.9 Å². The van der Waals surface area contributed by atoms with E-state index < -0.39 is 0 Å². The Hall–Kier alpha value is -2.02. The molecule has 0 unspecified atom stereocenters. The minimum absolute atomic E-state index is 0.0487. The van der Waals surface area contributed by atoms with Crippen LogP contribution in [-0.2, 0) is 12.8 Å². The van der Waals surface area contributed by atoms with Crippen molar-refractivity contribution in [2.75, 3.05) is 7.11 Å². The van der Waals surface area contributed by atoms with Crippen molar-refractivity contribution < 1.29 is 4.74 Å². The molecule has 19 heavy (non-hydrogen) atoms. The summed E-state index contributed by atoms with van der Waals surface area (Å²) in [7, 11) is 3.47. The highest BCUT2D eigenvalue weighted by atomic mass is 32.2. The summed E-state index contributed by atoms with van der Waals surface area (Å²) in [6.07, 6.45) is 1.52. The number of aromatic nitrogens is 3. The average Bonchev–Trinajstić information content (AvgIpc) is 2.81. The monoisotopic (exact) mass is 277 g/mol. The van der Waals surface area contributed by atoms with Crippen molar-refractivity contribution >= 4 is 17.6 Å². The molecule has 1 aromatic carbocycles. The van der Waals surface area contributed by atoms with Crippen LogP contribution in [0, 0.1) is 5.41 Å². The van der Waals surface area contributed by atoms with Gasteiger partial charge < -0.3 is 10.5 Å². The van der Waals surface area contributed by atoms with Crippen LogP contribution < -0.4 is 10.5 Å². The van der Waals surface area contributed by atoms with E-state index in [2.05, 4.69) is 10.1 Å². The maximum absolute atomic E-state index is 7.47. The largest absolute Gasteiger partial charge is 0.496 e. The Kier molecular flexibility index (Phi) is 4.06. The van der Waals surface area contributed by atoms with E-state index >= 15 is 0 Å². The molecule has 0 bridgehead atoms.